The molecular weight excluding hydrogens is 355 g/mol. The van der Waals surface area contributed by atoms with Gasteiger partial charge in [0.25, 0.3) is 16.0 Å². The van der Waals surface area contributed by atoms with Crippen molar-refractivity contribution in [1.82, 2.24) is 5.32 Å². The number of ether oxygens (including phenoxy) is 1. The largest absolute Gasteiger partial charge is 0.464 e. The van der Waals surface area contributed by atoms with E-state index >= 15 is 0 Å². The van der Waals surface area contributed by atoms with Crippen LogP contribution in [0.3, 0.4) is 0 Å². The molecule has 7 nitrogen and oxygen atoms in total. The molecule has 1 rings (SSSR count). The number of alkyl halides is 3. The minimum atomic E-state index is -4.82. The third-order valence-electron chi connectivity index (χ3n) is 2.73. The molecule has 0 spiro atoms. The summed E-state index contributed by atoms with van der Waals surface area (Å²) in [6.07, 6.45) is -4.82. The molecule has 0 fully saturated rings. The second kappa shape index (κ2) is 7.62. The predicted molar refractivity (Wildman–Crippen MR) is 75.7 cm³/mol. The second-order valence-corrected chi connectivity index (χ2v) is 6.07. The third-order valence-corrected chi connectivity index (χ3v) is 3.49. The van der Waals surface area contributed by atoms with Gasteiger partial charge in [-0.15, -0.1) is 0 Å². The Balaban J connectivity index is 3.11. The third kappa shape index (κ3) is 5.81. The number of benzene rings is 1. The van der Waals surface area contributed by atoms with Gasteiger partial charge in [-0.1, -0.05) is 12.1 Å². The monoisotopic (exact) mass is 369 g/mol. The Kier molecular flexibility index (Phi) is 6.32. The summed E-state index contributed by atoms with van der Waals surface area (Å²) in [5, 5.41) is 1.83. The van der Waals surface area contributed by atoms with Crippen LogP contribution in [-0.2, 0) is 25.8 Å². The number of halogens is 3. The van der Waals surface area contributed by atoms with E-state index in [1.165, 1.54) is 13.0 Å². The number of nitrogens with one attached hydrogen (secondary N) is 1. The molecule has 0 aromatic heterocycles. The Labute approximate surface area is 135 Å². The fraction of sp³-hybridized carbons (Fsp3) is 0.385. The summed E-state index contributed by atoms with van der Waals surface area (Å²) in [5.74, 6) is -3.76. The molecule has 1 aromatic rings. The standard InChI is InChI=1S/C13H14F3NO6S/c1-2-23-12(19)10(7-24(20,21)22)17-11(18)8-5-3-4-6-9(8)13(14,15)16/h3-6,10H,2,7H2,1H3,(H,17,18)(H,20,21,22)/t10-/m0/s1. The van der Waals surface area contributed by atoms with Gasteiger partial charge in [0.1, 0.15) is 11.8 Å². The van der Waals surface area contributed by atoms with Gasteiger partial charge in [-0.2, -0.15) is 21.6 Å². The summed E-state index contributed by atoms with van der Waals surface area (Å²) in [7, 11) is -4.69. The van der Waals surface area contributed by atoms with Gasteiger partial charge in [-0.25, -0.2) is 4.79 Å². The van der Waals surface area contributed by atoms with Crippen molar-refractivity contribution in [2.45, 2.75) is 19.1 Å². The summed E-state index contributed by atoms with van der Waals surface area (Å²) in [5.41, 5.74) is -2.05. The van der Waals surface area contributed by atoms with E-state index in [1.54, 1.807) is 0 Å². The van der Waals surface area contributed by atoms with E-state index in [4.69, 9.17) is 4.55 Å². The molecule has 0 unspecified atom stereocenters. The first-order chi connectivity index (χ1) is 11.0. The average Bonchev–Trinajstić information content (AvgIpc) is 2.44. The SMILES string of the molecule is CCOC(=O)[C@H](CS(=O)(=O)O)NC(=O)c1ccccc1C(F)(F)F. The summed E-state index contributed by atoms with van der Waals surface area (Å²) >= 11 is 0. The fourth-order valence-corrected chi connectivity index (χ4v) is 2.43. The van der Waals surface area contributed by atoms with Crippen molar-refractivity contribution < 1.29 is 40.5 Å². The number of carbonyl (C=O) groups excluding carboxylic acids is 2. The number of hydrogen-bond donors (Lipinski definition) is 2. The first-order valence-electron chi connectivity index (χ1n) is 6.54. The number of rotatable bonds is 6. The van der Waals surface area contributed by atoms with Crippen LogP contribution in [0.5, 0.6) is 0 Å². The van der Waals surface area contributed by atoms with E-state index < -0.39 is 51.1 Å². The Morgan fingerprint density at radius 1 is 1.29 bits per heavy atom. The quantitative estimate of drug-likeness (QED) is 0.577. The van der Waals surface area contributed by atoms with Gasteiger partial charge < -0.3 is 10.1 Å². The first kappa shape index (κ1) is 19.9. The molecule has 0 aliphatic carbocycles. The normalized spacial score (nSPS) is 13.2. The van der Waals surface area contributed by atoms with E-state index in [0.29, 0.717) is 6.07 Å². The lowest BCUT2D eigenvalue weighted by Crippen LogP contribution is -2.46. The Morgan fingerprint density at radius 2 is 1.88 bits per heavy atom. The molecule has 0 saturated heterocycles. The number of carbonyl (C=O) groups is 2. The molecule has 0 saturated carbocycles. The van der Waals surface area contributed by atoms with Gasteiger partial charge in [0.15, 0.2) is 0 Å². The van der Waals surface area contributed by atoms with E-state index in [9.17, 15) is 31.2 Å². The Bertz CT molecular complexity index is 717. The predicted octanol–water partition coefficient (Wildman–Crippen LogP) is 1.25. The maximum absolute atomic E-state index is 12.9. The zero-order valence-electron chi connectivity index (χ0n) is 12.3. The highest BCUT2D eigenvalue weighted by Crippen LogP contribution is 2.31. The molecule has 0 bridgehead atoms. The maximum atomic E-state index is 12.9. The highest BCUT2D eigenvalue weighted by molar-refractivity contribution is 7.85. The van der Waals surface area contributed by atoms with Gasteiger partial charge in [-0.3, -0.25) is 9.35 Å². The van der Waals surface area contributed by atoms with Gasteiger partial charge in [-0.05, 0) is 19.1 Å². The van der Waals surface area contributed by atoms with Crippen LogP contribution in [0, 0.1) is 0 Å². The Hall–Kier alpha value is -2.14. The smallest absolute Gasteiger partial charge is 0.417 e. The second-order valence-electron chi connectivity index (χ2n) is 4.57. The van der Waals surface area contributed by atoms with Crippen molar-refractivity contribution in [2.75, 3.05) is 12.4 Å². The lowest BCUT2D eigenvalue weighted by molar-refractivity contribution is -0.144. The van der Waals surface area contributed by atoms with Crippen molar-refractivity contribution >= 4 is 22.0 Å². The van der Waals surface area contributed by atoms with E-state index in [2.05, 4.69) is 4.74 Å². The number of hydrogen-bond acceptors (Lipinski definition) is 5. The molecule has 1 aromatic carbocycles. The van der Waals surface area contributed by atoms with Crippen LogP contribution in [0.1, 0.15) is 22.8 Å². The lowest BCUT2D eigenvalue weighted by Gasteiger charge is -2.18. The van der Waals surface area contributed by atoms with Gasteiger partial charge >= 0.3 is 12.1 Å². The molecule has 0 radical (unpaired) electrons. The fourth-order valence-electron chi connectivity index (χ4n) is 1.79. The molecule has 134 valence electrons. The molecule has 1 atom stereocenters. The lowest BCUT2D eigenvalue weighted by atomic mass is 10.1. The van der Waals surface area contributed by atoms with Crippen LogP contribution in [0.2, 0.25) is 0 Å². The summed E-state index contributed by atoms with van der Waals surface area (Å²) < 4.78 is 73.8. The number of esters is 1. The topological polar surface area (TPSA) is 110 Å². The van der Waals surface area contributed by atoms with Crippen LogP contribution in [0.25, 0.3) is 0 Å². The molecule has 0 heterocycles. The van der Waals surface area contributed by atoms with E-state index in [-0.39, 0.29) is 6.61 Å². The zero-order valence-corrected chi connectivity index (χ0v) is 13.1. The average molecular weight is 369 g/mol. The van der Waals surface area contributed by atoms with Crippen molar-refractivity contribution in [3.05, 3.63) is 35.4 Å². The minimum absolute atomic E-state index is 0.157. The first-order valence-corrected chi connectivity index (χ1v) is 8.15. The molecule has 11 heteroatoms. The molecule has 24 heavy (non-hydrogen) atoms. The molecule has 1 amide bonds. The van der Waals surface area contributed by atoms with Crippen molar-refractivity contribution in [3.63, 3.8) is 0 Å². The summed E-state index contributed by atoms with van der Waals surface area (Å²) in [4.78, 5) is 23.7. The van der Waals surface area contributed by atoms with Crippen molar-refractivity contribution in [2.24, 2.45) is 0 Å². The van der Waals surface area contributed by atoms with Crippen molar-refractivity contribution in [3.8, 4) is 0 Å². The highest BCUT2D eigenvalue weighted by Gasteiger charge is 2.36. The zero-order chi connectivity index (χ0) is 18.5. The number of amides is 1. The van der Waals surface area contributed by atoms with Gasteiger partial charge in [0, 0.05) is 0 Å². The van der Waals surface area contributed by atoms with Crippen molar-refractivity contribution in [1.29, 1.82) is 0 Å². The molecule has 0 aliphatic rings. The maximum Gasteiger partial charge on any atom is 0.417 e. The molecular formula is C13H14F3NO6S. The molecule has 0 aliphatic heterocycles. The van der Waals surface area contributed by atoms with Crippen LogP contribution in [-0.4, -0.2) is 43.2 Å². The van der Waals surface area contributed by atoms with Crippen LogP contribution in [0.4, 0.5) is 13.2 Å². The summed E-state index contributed by atoms with van der Waals surface area (Å²) in [6, 6.07) is 1.92. The van der Waals surface area contributed by atoms with Crippen LogP contribution in [0.15, 0.2) is 24.3 Å². The van der Waals surface area contributed by atoms with Gasteiger partial charge in [0.2, 0.25) is 0 Å². The van der Waals surface area contributed by atoms with Crippen LogP contribution < -0.4 is 5.32 Å². The van der Waals surface area contributed by atoms with E-state index in [1.807, 2.05) is 5.32 Å². The summed E-state index contributed by atoms with van der Waals surface area (Å²) in [6.45, 7) is 1.25. The molecule has 2 N–H and O–H groups in total. The Morgan fingerprint density at radius 3 is 2.38 bits per heavy atom. The minimum Gasteiger partial charge on any atom is -0.464 e. The van der Waals surface area contributed by atoms with Gasteiger partial charge in [0.05, 0.1) is 17.7 Å². The van der Waals surface area contributed by atoms with Crippen LogP contribution >= 0.6 is 0 Å². The van der Waals surface area contributed by atoms with E-state index in [0.717, 1.165) is 12.1 Å². The highest BCUT2D eigenvalue weighted by atomic mass is 32.2.